The SMILES string of the molecule is CC(C)n1c(C=CC(O)CC(O)CC(=O)O)c(-c2ccc(F)cc2)c(-c2ccccc2)c1C(=O)N1CCc2ccccc2C1. The third-order valence-corrected chi connectivity index (χ3v) is 7.98. The first-order valence-electron chi connectivity index (χ1n) is 14.9. The third kappa shape index (κ3) is 6.67. The van der Waals surface area contributed by atoms with Crippen LogP contribution in [0.15, 0.2) is 84.9 Å². The first-order valence-corrected chi connectivity index (χ1v) is 14.9. The molecule has 0 saturated heterocycles. The van der Waals surface area contributed by atoms with Crippen LogP contribution in [0.4, 0.5) is 4.39 Å². The molecule has 228 valence electrons. The Morgan fingerprint density at radius 3 is 2.18 bits per heavy atom. The van der Waals surface area contributed by atoms with Crippen LogP contribution in [-0.2, 0) is 17.8 Å². The Kier molecular flexibility index (Phi) is 9.42. The normalized spacial score (nSPS) is 14.5. The van der Waals surface area contributed by atoms with Gasteiger partial charge in [0.15, 0.2) is 0 Å². The number of carbonyl (C=O) groups excluding carboxylic acids is 1. The summed E-state index contributed by atoms with van der Waals surface area (Å²) in [5.74, 6) is -1.68. The molecule has 5 rings (SSSR count). The first-order chi connectivity index (χ1) is 21.1. The molecule has 3 aromatic carbocycles. The van der Waals surface area contributed by atoms with Gasteiger partial charge >= 0.3 is 5.97 Å². The average Bonchev–Trinajstić information content (AvgIpc) is 3.35. The standard InChI is InChI=1S/C36H37FN2O5/c1-23(2)39-31(17-16-29(40)20-30(41)21-32(42)43)33(26-12-14-28(37)15-13-26)34(25-9-4-3-5-10-25)35(39)36(44)38-19-18-24-8-6-7-11-27(24)22-38/h3-17,23,29-30,40-41H,18-22H2,1-2H3,(H,42,43). The van der Waals surface area contributed by atoms with Crippen molar-refractivity contribution in [1.82, 2.24) is 9.47 Å². The lowest BCUT2D eigenvalue weighted by Crippen LogP contribution is -2.37. The van der Waals surface area contributed by atoms with Crippen LogP contribution < -0.4 is 0 Å². The lowest BCUT2D eigenvalue weighted by Gasteiger charge is -2.30. The van der Waals surface area contributed by atoms with E-state index in [1.807, 2.05) is 71.8 Å². The molecule has 0 saturated carbocycles. The molecule has 1 aliphatic rings. The molecule has 44 heavy (non-hydrogen) atoms. The van der Waals surface area contributed by atoms with Gasteiger partial charge in [0.2, 0.25) is 0 Å². The number of aliphatic hydroxyl groups is 2. The van der Waals surface area contributed by atoms with Gasteiger partial charge in [-0.05, 0) is 60.7 Å². The van der Waals surface area contributed by atoms with Crippen LogP contribution in [0.2, 0.25) is 0 Å². The number of aliphatic carboxylic acids is 1. The number of rotatable bonds is 10. The molecule has 1 aliphatic heterocycles. The summed E-state index contributed by atoms with van der Waals surface area (Å²) in [6.07, 6.45) is 0.954. The number of fused-ring (bicyclic) bond motifs is 1. The highest BCUT2D eigenvalue weighted by Crippen LogP contribution is 2.43. The van der Waals surface area contributed by atoms with Crippen LogP contribution in [-0.4, -0.2) is 55.4 Å². The van der Waals surface area contributed by atoms with Gasteiger partial charge in [-0.2, -0.15) is 0 Å². The predicted molar refractivity (Wildman–Crippen MR) is 168 cm³/mol. The average molecular weight is 597 g/mol. The number of aliphatic hydroxyl groups excluding tert-OH is 2. The van der Waals surface area contributed by atoms with Gasteiger partial charge in [0, 0.05) is 42.4 Å². The van der Waals surface area contributed by atoms with E-state index in [4.69, 9.17) is 5.11 Å². The Bertz CT molecular complexity index is 1660. The molecule has 2 atom stereocenters. The summed E-state index contributed by atoms with van der Waals surface area (Å²) in [6.45, 7) is 5.00. The number of aromatic nitrogens is 1. The van der Waals surface area contributed by atoms with Crippen molar-refractivity contribution in [3.63, 3.8) is 0 Å². The second-order valence-corrected chi connectivity index (χ2v) is 11.5. The van der Waals surface area contributed by atoms with E-state index < -0.39 is 24.6 Å². The monoisotopic (exact) mass is 596 g/mol. The van der Waals surface area contributed by atoms with Gasteiger partial charge in [0.05, 0.1) is 18.6 Å². The van der Waals surface area contributed by atoms with E-state index in [1.165, 1.54) is 23.8 Å². The number of amides is 1. The second-order valence-electron chi connectivity index (χ2n) is 11.5. The van der Waals surface area contributed by atoms with Crippen LogP contribution in [0.3, 0.4) is 0 Å². The molecule has 8 heteroatoms. The van der Waals surface area contributed by atoms with Crippen molar-refractivity contribution in [2.45, 2.75) is 57.9 Å². The van der Waals surface area contributed by atoms with Crippen molar-refractivity contribution in [2.75, 3.05) is 6.54 Å². The molecule has 0 fully saturated rings. The van der Waals surface area contributed by atoms with Crippen LogP contribution >= 0.6 is 0 Å². The quantitative estimate of drug-likeness (QED) is 0.198. The molecule has 4 aromatic rings. The zero-order valence-electron chi connectivity index (χ0n) is 24.9. The zero-order valence-corrected chi connectivity index (χ0v) is 24.9. The fourth-order valence-electron chi connectivity index (χ4n) is 5.98. The smallest absolute Gasteiger partial charge is 0.305 e. The van der Waals surface area contributed by atoms with Crippen molar-refractivity contribution in [3.05, 3.63) is 113 Å². The summed E-state index contributed by atoms with van der Waals surface area (Å²) in [5.41, 5.74) is 6.39. The minimum Gasteiger partial charge on any atom is -0.481 e. The number of carboxylic acid groups (broad SMARTS) is 1. The number of hydrogen-bond donors (Lipinski definition) is 3. The van der Waals surface area contributed by atoms with E-state index >= 15 is 0 Å². The van der Waals surface area contributed by atoms with E-state index in [0.717, 1.165) is 17.5 Å². The van der Waals surface area contributed by atoms with E-state index in [-0.39, 0.29) is 24.2 Å². The Morgan fingerprint density at radius 2 is 1.52 bits per heavy atom. The minimum atomic E-state index is -1.22. The van der Waals surface area contributed by atoms with Gasteiger partial charge in [0.25, 0.3) is 5.91 Å². The summed E-state index contributed by atoms with van der Waals surface area (Å²) < 4.78 is 16.1. The Balaban J connectivity index is 1.71. The van der Waals surface area contributed by atoms with Crippen LogP contribution in [0, 0.1) is 5.82 Å². The van der Waals surface area contributed by atoms with E-state index in [1.54, 1.807) is 18.2 Å². The summed E-state index contributed by atoms with van der Waals surface area (Å²) in [6, 6.07) is 23.7. The van der Waals surface area contributed by atoms with E-state index in [9.17, 15) is 24.2 Å². The van der Waals surface area contributed by atoms with E-state index in [2.05, 4.69) is 6.07 Å². The van der Waals surface area contributed by atoms with Crippen LogP contribution in [0.1, 0.15) is 60.0 Å². The number of hydrogen-bond acceptors (Lipinski definition) is 4. The molecule has 0 bridgehead atoms. The maximum Gasteiger partial charge on any atom is 0.305 e. The molecule has 2 unspecified atom stereocenters. The topological polar surface area (TPSA) is 103 Å². The number of benzene rings is 3. The summed E-state index contributed by atoms with van der Waals surface area (Å²) >= 11 is 0. The first kappa shape index (κ1) is 30.9. The molecule has 0 spiro atoms. The zero-order chi connectivity index (χ0) is 31.4. The molecule has 1 amide bonds. The fraction of sp³-hybridized carbons (Fsp3) is 0.278. The molecule has 3 N–H and O–H groups in total. The van der Waals surface area contributed by atoms with Crippen molar-refractivity contribution in [3.8, 4) is 22.3 Å². The highest BCUT2D eigenvalue weighted by Gasteiger charge is 2.33. The molecule has 1 aromatic heterocycles. The second kappa shape index (κ2) is 13.4. The van der Waals surface area contributed by atoms with Crippen molar-refractivity contribution >= 4 is 18.0 Å². The number of nitrogens with zero attached hydrogens (tertiary/aromatic N) is 2. The van der Waals surface area contributed by atoms with Gasteiger partial charge in [-0.25, -0.2) is 4.39 Å². The highest BCUT2D eigenvalue weighted by atomic mass is 19.1. The third-order valence-electron chi connectivity index (χ3n) is 7.98. The Hall–Kier alpha value is -4.53. The largest absolute Gasteiger partial charge is 0.481 e. The molecular weight excluding hydrogens is 559 g/mol. The molecule has 0 aliphatic carbocycles. The minimum absolute atomic E-state index is 0.132. The number of halogens is 1. The Labute approximate surface area is 256 Å². The fourth-order valence-corrected chi connectivity index (χ4v) is 5.98. The maximum atomic E-state index is 14.6. The molecule has 7 nitrogen and oxygen atoms in total. The Morgan fingerprint density at radius 1 is 0.886 bits per heavy atom. The number of carboxylic acids is 1. The van der Waals surface area contributed by atoms with Crippen LogP contribution in [0.25, 0.3) is 28.3 Å². The molecule has 0 radical (unpaired) electrons. The molecule has 2 heterocycles. The van der Waals surface area contributed by atoms with Crippen molar-refractivity contribution in [1.29, 1.82) is 0 Å². The summed E-state index contributed by atoms with van der Waals surface area (Å²) in [4.78, 5) is 27.5. The lowest BCUT2D eigenvalue weighted by atomic mass is 9.93. The van der Waals surface area contributed by atoms with Gasteiger partial charge in [-0.3, -0.25) is 9.59 Å². The van der Waals surface area contributed by atoms with E-state index in [0.29, 0.717) is 41.2 Å². The van der Waals surface area contributed by atoms with Crippen LogP contribution in [0.5, 0.6) is 0 Å². The predicted octanol–water partition coefficient (Wildman–Crippen LogP) is 6.34. The molecular formula is C36H37FN2O5. The number of carbonyl (C=O) groups is 2. The van der Waals surface area contributed by atoms with Crippen molar-refractivity contribution < 1.29 is 29.3 Å². The van der Waals surface area contributed by atoms with Gasteiger partial charge in [0.1, 0.15) is 11.5 Å². The summed E-state index contributed by atoms with van der Waals surface area (Å²) in [5, 5.41) is 29.9. The van der Waals surface area contributed by atoms with Gasteiger partial charge in [-0.1, -0.05) is 72.8 Å². The highest BCUT2D eigenvalue weighted by molar-refractivity contribution is 6.06. The maximum absolute atomic E-state index is 14.6. The summed E-state index contributed by atoms with van der Waals surface area (Å²) in [7, 11) is 0. The van der Waals surface area contributed by atoms with Gasteiger partial charge in [-0.15, -0.1) is 0 Å². The van der Waals surface area contributed by atoms with Crippen molar-refractivity contribution in [2.24, 2.45) is 0 Å². The van der Waals surface area contributed by atoms with Gasteiger partial charge < -0.3 is 24.8 Å². The lowest BCUT2D eigenvalue weighted by molar-refractivity contribution is -0.139.